The fraction of sp³-hybridized carbons (Fsp3) is 0.238. The fourth-order valence-corrected chi connectivity index (χ4v) is 3.76. The summed E-state index contributed by atoms with van der Waals surface area (Å²) in [6, 6.07) is 9.61. The zero-order chi connectivity index (χ0) is 21.1. The Morgan fingerprint density at radius 1 is 1.17 bits per heavy atom. The zero-order valence-corrected chi connectivity index (χ0v) is 17.3. The van der Waals surface area contributed by atoms with Crippen molar-refractivity contribution >= 4 is 34.1 Å². The van der Waals surface area contributed by atoms with E-state index in [1.54, 1.807) is 13.8 Å². The van der Waals surface area contributed by atoms with E-state index in [-0.39, 0.29) is 11.5 Å². The molecule has 29 heavy (non-hydrogen) atoms. The van der Waals surface area contributed by atoms with E-state index in [9.17, 15) is 14.4 Å². The summed E-state index contributed by atoms with van der Waals surface area (Å²) in [4.78, 5) is 43.8. The normalized spacial score (nSPS) is 11.7. The first kappa shape index (κ1) is 20.5. The van der Waals surface area contributed by atoms with Crippen molar-refractivity contribution in [1.29, 1.82) is 0 Å². The van der Waals surface area contributed by atoms with Gasteiger partial charge in [0.15, 0.2) is 17.0 Å². The molecule has 0 unspecified atom stereocenters. The first-order chi connectivity index (χ1) is 13.8. The number of aromatic amines is 1. The number of Topliss-reactive ketones (excluding diaryl/α,β-unsaturated/α-hetero) is 1. The van der Waals surface area contributed by atoms with E-state index in [0.717, 1.165) is 11.3 Å². The molecule has 1 atom stereocenters. The minimum absolute atomic E-state index is 0.140. The molecule has 0 radical (unpaired) electrons. The molecule has 0 fully saturated rings. The highest BCUT2D eigenvalue weighted by atomic mass is 32.1. The Labute approximate surface area is 172 Å². The summed E-state index contributed by atoms with van der Waals surface area (Å²) in [6.45, 7) is 6.30. The van der Waals surface area contributed by atoms with Crippen LogP contribution in [0.15, 0.2) is 35.7 Å². The number of thiazole rings is 1. The second-order valence-corrected chi connectivity index (χ2v) is 7.48. The van der Waals surface area contributed by atoms with Gasteiger partial charge < -0.3 is 9.72 Å². The molecule has 2 N–H and O–H groups in total. The van der Waals surface area contributed by atoms with Crippen molar-refractivity contribution in [2.24, 2.45) is 0 Å². The highest BCUT2D eigenvalue weighted by Crippen LogP contribution is 2.25. The molecule has 0 bridgehead atoms. The number of esters is 1. The van der Waals surface area contributed by atoms with Crippen LogP contribution in [0.3, 0.4) is 0 Å². The largest absolute Gasteiger partial charge is 0.448 e. The molecule has 1 aromatic carbocycles. The van der Waals surface area contributed by atoms with Gasteiger partial charge in [-0.25, -0.2) is 9.78 Å². The highest BCUT2D eigenvalue weighted by molar-refractivity contribution is 7.14. The van der Waals surface area contributed by atoms with Gasteiger partial charge in [-0.2, -0.15) is 0 Å². The standard InChI is InChI=1S/C21H21N3O4S/c1-11-17(13(3)25)12(2)22-18(11)20(27)28-14(4)19(26)24-21-23-16(10-29-21)15-8-6-5-7-9-15/h5-10,14,22H,1-4H3,(H,23,24,26)/t14-/m1/s1. The number of aryl methyl sites for hydroxylation is 1. The Bertz CT molecular complexity index is 1070. The van der Waals surface area contributed by atoms with Gasteiger partial charge in [-0.3, -0.25) is 14.9 Å². The van der Waals surface area contributed by atoms with Crippen molar-refractivity contribution in [1.82, 2.24) is 9.97 Å². The molecule has 8 heteroatoms. The smallest absolute Gasteiger partial charge is 0.355 e. The van der Waals surface area contributed by atoms with E-state index >= 15 is 0 Å². The number of nitrogens with one attached hydrogen (secondary N) is 2. The quantitative estimate of drug-likeness (QED) is 0.469. The average molecular weight is 411 g/mol. The van der Waals surface area contributed by atoms with Gasteiger partial charge in [-0.1, -0.05) is 30.3 Å². The third kappa shape index (κ3) is 4.43. The van der Waals surface area contributed by atoms with E-state index in [1.807, 2.05) is 35.7 Å². The van der Waals surface area contributed by atoms with Crippen LogP contribution in [-0.2, 0) is 9.53 Å². The number of hydrogen-bond donors (Lipinski definition) is 2. The van der Waals surface area contributed by atoms with E-state index < -0.39 is 18.0 Å². The number of anilines is 1. The number of hydrogen-bond acceptors (Lipinski definition) is 6. The lowest BCUT2D eigenvalue weighted by atomic mass is 10.1. The van der Waals surface area contributed by atoms with Gasteiger partial charge in [0.2, 0.25) is 0 Å². The van der Waals surface area contributed by atoms with Gasteiger partial charge in [-0.05, 0) is 33.3 Å². The molecule has 0 aliphatic carbocycles. The molecular formula is C21H21N3O4S. The van der Waals surface area contributed by atoms with Crippen molar-refractivity contribution in [3.8, 4) is 11.3 Å². The molecular weight excluding hydrogens is 390 g/mol. The topological polar surface area (TPSA) is 101 Å². The summed E-state index contributed by atoms with van der Waals surface area (Å²) < 4.78 is 5.27. The number of benzene rings is 1. The van der Waals surface area contributed by atoms with Gasteiger partial charge in [0.05, 0.1) is 5.69 Å². The zero-order valence-electron chi connectivity index (χ0n) is 16.5. The predicted octanol–water partition coefficient (Wildman–Crippen LogP) is 4.14. The minimum Gasteiger partial charge on any atom is -0.448 e. The number of ketones is 1. The van der Waals surface area contributed by atoms with Crippen molar-refractivity contribution in [2.75, 3.05) is 5.32 Å². The van der Waals surface area contributed by atoms with Crippen molar-refractivity contribution < 1.29 is 19.1 Å². The minimum atomic E-state index is -1.03. The van der Waals surface area contributed by atoms with E-state index in [1.165, 1.54) is 25.2 Å². The number of rotatable bonds is 6. The van der Waals surface area contributed by atoms with Crippen LogP contribution in [0.4, 0.5) is 5.13 Å². The number of H-pyrrole nitrogens is 1. The van der Waals surface area contributed by atoms with E-state index in [2.05, 4.69) is 15.3 Å². The first-order valence-electron chi connectivity index (χ1n) is 9.00. The van der Waals surface area contributed by atoms with Gasteiger partial charge in [0, 0.05) is 22.2 Å². The maximum absolute atomic E-state index is 12.5. The summed E-state index contributed by atoms with van der Waals surface area (Å²) in [6.07, 6.45) is -1.03. The number of carbonyl (C=O) groups excluding carboxylic acids is 3. The molecule has 2 aromatic heterocycles. The van der Waals surface area contributed by atoms with Crippen LogP contribution >= 0.6 is 11.3 Å². The van der Waals surface area contributed by atoms with Crippen LogP contribution in [0.25, 0.3) is 11.3 Å². The second kappa shape index (κ2) is 8.40. The molecule has 0 saturated carbocycles. The fourth-order valence-electron chi connectivity index (χ4n) is 3.03. The molecule has 0 aliphatic heterocycles. The van der Waals surface area contributed by atoms with Gasteiger partial charge in [0.25, 0.3) is 5.91 Å². The number of nitrogens with zero attached hydrogens (tertiary/aromatic N) is 1. The van der Waals surface area contributed by atoms with Crippen LogP contribution in [0.1, 0.15) is 46.0 Å². The van der Waals surface area contributed by atoms with Gasteiger partial charge >= 0.3 is 5.97 Å². The van der Waals surface area contributed by atoms with E-state index in [4.69, 9.17) is 4.74 Å². The number of amides is 1. The van der Waals surface area contributed by atoms with Crippen molar-refractivity contribution in [2.45, 2.75) is 33.8 Å². The molecule has 0 spiro atoms. The lowest BCUT2D eigenvalue weighted by molar-refractivity contribution is -0.123. The molecule has 3 aromatic rings. The van der Waals surface area contributed by atoms with Crippen LogP contribution in [0, 0.1) is 13.8 Å². The first-order valence-corrected chi connectivity index (χ1v) is 9.88. The second-order valence-electron chi connectivity index (χ2n) is 6.62. The molecule has 7 nitrogen and oxygen atoms in total. The average Bonchev–Trinajstić information content (AvgIpc) is 3.26. The SMILES string of the molecule is CC(=O)c1c(C)[nH]c(C(=O)O[C@H](C)C(=O)Nc2nc(-c3ccccc3)cs2)c1C. The van der Waals surface area contributed by atoms with Crippen LogP contribution < -0.4 is 5.32 Å². The number of ether oxygens (including phenoxy) is 1. The Balaban J connectivity index is 1.65. The summed E-state index contributed by atoms with van der Waals surface area (Å²) >= 11 is 1.29. The van der Waals surface area contributed by atoms with Crippen LogP contribution in [0.5, 0.6) is 0 Å². The number of aromatic nitrogens is 2. The molecule has 0 aliphatic rings. The van der Waals surface area contributed by atoms with Gasteiger partial charge in [0.1, 0.15) is 5.69 Å². The summed E-state index contributed by atoms with van der Waals surface area (Å²) in [5.74, 6) is -1.32. The molecule has 2 heterocycles. The number of carbonyl (C=O) groups is 3. The molecule has 150 valence electrons. The van der Waals surface area contributed by atoms with Crippen LogP contribution in [-0.4, -0.2) is 33.7 Å². The maximum atomic E-state index is 12.5. The summed E-state index contributed by atoms with van der Waals surface area (Å²) in [5.41, 5.74) is 3.45. The maximum Gasteiger partial charge on any atom is 0.355 e. The van der Waals surface area contributed by atoms with Crippen molar-refractivity contribution in [3.05, 3.63) is 58.2 Å². The van der Waals surface area contributed by atoms with Gasteiger partial charge in [-0.15, -0.1) is 11.3 Å². The molecule has 1 amide bonds. The lowest BCUT2D eigenvalue weighted by Gasteiger charge is -2.12. The summed E-state index contributed by atoms with van der Waals surface area (Å²) in [7, 11) is 0. The van der Waals surface area contributed by atoms with Crippen LogP contribution in [0.2, 0.25) is 0 Å². The molecule has 0 saturated heterocycles. The highest BCUT2D eigenvalue weighted by Gasteiger charge is 2.25. The Kier molecular flexibility index (Phi) is 5.93. The summed E-state index contributed by atoms with van der Waals surface area (Å²) in [5, 5.41) is 4.93. The lowest BCUT2D eigenvalue weighted by Crippen LogP contribution is -2.30. The Hall–Kier alpha value is -3.26. The third-order valence-corrected chi connectivity index (χ3v) is 5.21. The Morgan fingerprint density at radius 2 is 1.86 bits per heavy atom. The predicted molar refractivity (Wildman–Crippen MR) is 111 cm³/mol. The van der Waals surface area contributed by atoms with Crippen molar-refractivity contribution in [3.63, 3.8) is 0 Å². The third-order valence-electron chi connectivity index (χ3n) is 4.45. The van der Waals surface area contributed by atoms with E-state index in [0.29, 0.717) is 22.0 Å². The molecule has 3 rings (SSSR count). The monoisotopic (exact) mass is 411 g/mol. The Morgan fingerprint density at radius 3 is 2.48 bits per heavy atom.